The van der Waals surface area contributed by atoms with E-state index in [9.17, 15) is 5.11 Å². The van der Waals surface area contributed by atoms with Gasteiger partial charge in [-0.25, -0.2) is 0 Å². The molecule has 1 aliphatic rings. The fourth-order valence-electron chi connectivity index (χ4n) is 2.37. The van der Waals surface area contributed by atoms with Gasteiger partial charge in [-0.3, -0.25) is 0 Å². The first-order valence-electron chi connectivity index (χ1n) is 6.08. The van der Waals surface area contributed by atoms with E-state index in [4.69, 9.17) is 9.47 Å². The molecule has 2 rings (SSSR count). The average molecular weight is 236 g/mol. The van der Waals surface area contributed by atoms with Crippen molar-refractivity contribution in [1.82, 2.24) is 0 Å². The van der Waals surface area contributed by atoms with Gasteiger partial charge in [-0.2, -0.15) is 0 Å². The molecule has 3 nitrogen and oxygen atoms in total. The summed E-state index contributed by atoms with van der Waals surface area (Å²) in [5, 5.41) is 9.31. The van der Waals surface area contributed by atoms with Crippen molar-refractivity contribution in [3.8, 4) is 0 Å². The van der Waals surface area contributed by atoms with Crippen LogP contribution in [0.25, 0.3) is 0 Å². The molecule has 0 amide bonds. The van der Waals surface area contributed by atoms with Crippen LogP contribution in [-0.4, -0.2) is 18.3 Å². The van der Waals surface area contributed by atoms with Gasteiger partial charge in [-0.05, 0) is 49.4 Å². The Morgan fingerprint density at radius 2 is 1.82 bits per heavy atom. The van der Waals surface area contributed by atoms with E-state index in [2.05, 4.69) is 6.92 Å². The van der Waals surface area contributed by atoms with E-state index in [-0.39, 0.29) is 12.9 Å². The molecule has 1 fully saturated rings. The molecule has 1 N–H and O–H groups in total. The van der Waals surface area contributed by atoms with Crippen LogP contribution in [0.4, 0.5) is 0 Å². The first-order chi connectivity index (χ1) is 8.15. The molecular weight excluding hydrogens is 216 g/mol. The lowest BCUT2D eigenvalue weighted by Gasteiger charge is -2.27. The highest BCUT2D eigenvalue weighted by Gasteiger charge is 2.22. The monoisotopic (exact) mass is 236 g/mol. The largest absolute Gasteiger partial charge is 0.392 e. The molecule has 0 aromatic heterocycles. The molecule has 0 aliphatic carbocycles. The average Bonchev–Trinajstić information content (AvgIpc) is 2.35. The van der Waals surface area contributed by atoms with Crippen LogP contribution in [0, 0.1) is 20.8 Å². The zero-order valence-electron chi connectivity index (χ0n) is 10.7. The Morgan fingerprint density at radius 1 is 1.18 bits per heavy atom. The quantitative estimate of drug-likeness (QED) is 0.857. The van der Waals surface area contributed by atoms with Gasteiger partial charge in [0.2, 0.25) is 0 Å². The molecule has 0 radical (unpaired) electrons. The minimum absolute atomic E-state index is 0.0835. The molecule has 1 aliphatic heterocycles. The molecule has 0 unspecified atom stereocenters. The Kier molecular flexibility index (Phi) is 3.82. The van der Waals surface area contributed by atoms with Crippen LogP contribution in [0.1, 0.15) is 40.5 Å². The maximum absolute atomic E-state index is 9.31. The van der Waals surface area contributed by atoms with Gasteiger partial charge < -0.3 is 14.6 Å². The van der Waals surface area contributed by atoms with Crippen LogP contribution in [0.15, 0.2) is 6.07 Å². The van der Waals surface area contributed by atoms with E-state index >= 15 is 0 Å². The van der Waals surface area contributed by atoms with E-state index < -0.39 is 0 Å². The second-order valence-corrected chi connectivity index (χ2v) is 4.60. The molecule has 0 saturated carbocycles. The molecule has 0 spiro atoms. The molecule has 1 aromatic carbocycles. The Balaban J connectivity index is 2.42. The Bertz CT molecular complexity index is 406. The van der Waals surface area contributed by atoms with Crippen LogP contribution in [0.3, 0.4) is 0 Å². The number of ether oxygens (including phenoxy) is 2. The second-order valence-electron chi connectivity index (χ2n) is 4.60. The van der Waals surface area contributed by atoms with Crippen LogP contribution >= 0.6 is 0 Å². The zero-order chi connectivity index (χ0) is 12.4. The highest BCUT2D eigenvalue weighted by molar-refractivity contribution is 5.45. The fourth-order valence-corrected chi connectivity index (χ4v) is 2.37. The van der Waals surface area contributed by atoms with Gasteiger partial charge in [0.1, 0.15) is 0 Å². The SMILES string of the molecule is Cc1cc(CO)c(C)c(C)c1C1OCCCO1. The molecule has 3 heteroatoms. The van der Waals surface area contributed by atoms with Crippen LogP contribution in [-0.2, 0) is 16.1 Å². The van der Waals surface area contributed by atoms with Gasteiger partial charge in [0.25, 0.3) is 0 Å². The molecule has 94 valence electrons. The van der Waals surface area contributed by atoms with Crippen molar-refractivity contribution in [2.24, 2.45) is 0 Å². The van der Waals surface area contributed by atoms with Crippen LogP contribution < -0.4 is 0 Å². The number of benzene rings is 1. The number of hydrogen-bond donors (Lipinski definition) is 1. The first kappa shape index (κ1) is 12.6. The zero-order valence-corrected chi connectivity index (χ0v) is 10.7. The molecule has 1 aromatic rings. The predicted octanol–water partition coefficient (Wildman–Crippen LogP) is 2.54. The number of aryl methyl sites for hydroxylation is 1. The minimum Gasteiger partial charge on any atom is -0.392 e. The topological polar surface area (TPSA) is 38.7 Å². The number of aliphatic hydroxyl groups excluding tert-OH is 1. The van der Waals surface area contributed by atoms with Crippen molar-refractivity contribution >= 4 is 0 Å². The van der Waals surface area contributed by atoms with E-state index in [0.717, 1.165) is 41.9 Å². The second kappa shape index (κ2) is 5.17. The fraction of sp³-hybridized carbons (Fsp3) is 0.571. The number of rotatable bonds is 2. The lowest BCUT2D eigenvalue weighted by atomic mass is 9.93. The van der Waals surface area contributed by atoms with Gasteiger partial charge in [-0.15, -0.1) is 0 Å². The summed E-state index contributed by atoms with van der Waals surface area (Å²) in [5.41, 5.74) is 5.54. The predicted molar refractivity (Wildman–Crippen MR) is 65.8 cm³/mol. The third kappa shape index (κ3) is 2.37. The maximum Gasteiger partial charge on any atom is 0.184 e. The molecule has 1 heterocycles. The van der Waals surface area contributed by atoms with E-state index in [1.165, 1.54) is 5.56 Å². The summed E-state index contributed by atoms with van der Waals surface area (Å²) in [5.74, 6) is 0. The summed E-state index contributed by atoms with van der Waals surface area (Å²) in [6, 6.07) is 2.03. The summed E-state index contributed by atoms with van der Waals surface area (Å²) in [7, 11) is 0. The van der Waals surface area contributed by atoms with Gasteiger partial charge in [-0.1, -0.05) is 6.07 Å². The van der Waals surface area contributed by atoms with Gasteiger partial charge in [0.05, 0.1) is 19.8 Å². The standard InChI is InChI=1S/C14H20O3/c1-9-7-12(8-15)10(2)11(3)13(9)14-16-5-4-6-17-14/h7,14-15H,4-6,8H2,1-3H3. The lowest BCUT2D eigenvalue weighted by molar-refractivity contribution is -0.183. The molecule has 1 saturated heterocycles. The summed E-state index contributed by atoms with van der Waals surface area (Å²) in [6.07, 6.45) is 0.720. The Hall–Kier alpha value is -0.900. The van der Waals surface area contributed by atoms with Crippen molar-refractivity contribution in [3.05, 3.63) is 33.9 Å². The summed E-state index contributed by atoms with van der Waals surface area (Å²) in [4.78, 5) is 0. The third-order valence-corrected chi connectivity index (χ3v) is 3.50. The third-order valence-electron chi connectivity index (χ3n) is 3.50. The van der Waals surface area contributed by atoms with Crippen LogP contribution in [0.5, 0.6) is 0 Å². The van der Waals surface area contributed by atoms with Gasteiger partial charge in [0.15, 0.2) is 6.29 Å². The van der Waals surface area contributed by atoms with Gasteiger partial charge in [0, 0.05) is 5.56 Å². The van der Waals surface area contributed by atoms with Crippen LogP contribution in [0.2, 0.25) is 0 Å². The highest BCUT2D eigenvalue weighted by atomic mass is 16.7. The molecule has 0 atom stereocenters. The maximum atomic E-state index is 9.31. The molecular formula is C14H20O3. The summed E-state index contributed by atoms with van der Waals surface area (Å²) in [6.45, 7) is 7.74. The number of hydrogen-bond acceptors (Lipinski definition) is 3. The molecule has 0 bridgehead atoms. The van der Waals surface area contributed by atoms with Crippen molar-refractivity contribution < 1.29 is 14.6 Å². The first-order valence-corrected chi connectivity index (χ1v) is 6.08. The lowest BCUT2D eigenvalue weighted by Crippen LogP contribution is -2.20. The van der Waals surface area contributed by atoms with E-state index in [1.54, 1.807) is 0 Å². The summed E-state index contributed by atoms with van der Waals surface area (Å²) >= 11 is 0. The number of aliphatic hydroxyl groups is 1. The smallest absolute Gasteiger partial charge is 0.184 e. The minimum atomic E-state index is -0.241. The Labute approximate surface area is 102 Å². The Morgan fingerprint density at radius 3 is 2.41 bits per heavy atom. The van der Waals surface area contributed by atoms with E-state index in [1.807, 2.05) is 19.9 Å². The van der Waals surface area contributed by atoms with E-state index in [0.29, 0.717) is 0 Å². The van der Waals surface area contributed by atoms with Crippen molar-refractivity contribution in [3.63, 3.8) is 0 Å². The van der Waals surface area contributed by atoms with Gasteiger partial charge >= 0.3 is 0 Å². The van der Waals surface area contributed by atoms with Crippen molar-refractivity contribution in [1.29, 1.82) is 0 Å². The van der Waals surface area contributed by atoms with Crippen molar-refractivity contribution in [2.45, 2.75) is 40.1 Å². The van der Waals surface area contributed by atoms with Crippen molar-refractivity contribution in [2.75, 3.05) is 13.2 Å². The normalized spacial score (nSPS) is 17.4. The molecule has 17 heavy (non-hydrogen) atoms. The highest BCUT2D eigenvalue weighted by Crippen LogP contribution is 2.31. The summed E-state index contributed by atoms with van der Waals surface area (Å²) < 4.78 is 11.3.